The molecule has 0 saturated carbocycles. The summed E-state index contributed by atoms with van der Waals surface area (Å²) in [4.78, 5) is 8.67. The highest BCUT2D eigenvalue weighted by Crippen LogP contribution is 2.33. The molecule has 2 heterocycles. The van der Waals surface area contributed by atoms with Crippen molar-refractivity contribution in [2.75, 3.05) is 13.2 Å². The minimum atomic E-state index is 0.100. The first-order chi connectivity index (χ1) is 13.6. The average molecular weight is 412 g/mol. The second kappa shape index (κ2) is 10.0. The summed E-state index contributed by atoms with van der Waals surface area (Å²) in [6.45, 7) is 13.8. The Kier molecular flexibility index (Phi) is 7.96. The number of hydrogen-bond acceptors (Lipinski definition) is 4. The van der Waals surface area contributed by atoms with Gasteiger partial charge >= 0.3 is 0 Å². The molecular weight excluding hydrogens is 382 g/mol. The molecular formula is C24H30ClN3O. The molecule has 0 amide bonds. The van der Waals surface area contributed by atoms with Gasteiger partial charge in [-0.25, -0.2) is 4.98 Å². The number of nitrogens with zero attached hydrogens (tertiary/aromatic N) is 3. The van der Waals surface area contributed by atoms with E-state index in [0.717, 1.165) is 34.4 Å². The SMILES string of the molecule is Cc1cncc(-c2cc(Cl)nc(C)c2C(C#N)=CC(C)COCCC(C)(C)C)c1. The zero-order valence-electron chi connectivity index (χ0n) is 18.2. The van der Waals surface area contributed by atoms with Crippen LogP contribution in [0.5, 0.6) is 0 Å². The number of rotatable bonds is 7. The number of allylic oxidation sites excluding steroid dienone is 1. The van der Waals surface area contributed by atoms with E-state index in [0.29, 0.717) is 23.9 Å². The lowest BCUT2D eigenvalue weighted by molar-refractivity contribution is 0.0941. The predicted octanol–water partition coefficient (Wildman–Crippen LogP) is 6.41. The van der Waals surface area contributed by atoms with Crippen molar-refractivity contribution in [1.29, 1.82) is 5.26 Å². The van der Waals surface area contributed by atoms with E-state index < -0.39 is 0 Å². The molecule has 0 fully saturated rings. The van der Waals surface area contributed by atoms with Crippen molar-refractivity contribution in [3.05, 3.63) is 52.6 Å². The highest BCUT2D eigenvalue weighted by Gasteiger charge is 2.17. The number of nitriles is 1. The van der Waals surface area contributed by atoms with Crippen LogP contribution in [-0.2, 0) is 4.74 Å². The highest BCUT2D eigenvalue weighted by molar-refractivity contribution is 6.29. The lowest BCUT2D eigenvalue weighted by Crippen LogP contribution is -2.12. The molecule has 2 rings (SSSR count). The quantitative estimate of drug-likeness (QED) is 0.300. The summed E-state index contributed by atoms with van der Waals surface area (Å²) >= 11 is 6.23. The lowest BCUT2D eigenvalue weighted by Gasteiger charge is -2.18. The molecule has 2 aromatic heterocycles. The van der Waals surface area contributed by atoms with Crippen LogP contribution < -0.4 is 0 Å². The maximum atomic E-state index is 9.89. The van der Waals surface area contributed by atoms with Crippen LogP contribution >= 0.6 is 11.6 Å². The van der Waals surface area contributed by atoms with Crippen molar-refractivity contribution < 1.29 is 4.74 Å². The highest BCUT2D eigenvalue weighted by atomic mass is 35.5. The topological polar surface area (TPSA) is 58.8 Å². The monoisotopic (exact) mass is 411 g/mol. The van der Waals surface area contributed by atoms with Gasteiger partial charge in [-0.3, -0.25) is 4.98 Å². The third-order valence-electron chi connectivity index (χ3n) is 4.57. The molecule has 0 aliphatic heterocycles. The molecule has 1 unspecified atom stereocenters. The van der Waals surface area contributed by atoms with Crippen LogP contribution in [0.3, 0.4) is 0 Å². The summed E-state index contributed by atoms with van der Waals surface area (Å²) in [5, 5.41) is 10.3. The van der Waals surface area contributed by atoms with Crippen LogP contribution in [-0.4, -0.2) is 23.2 Å². The smallest absolute Gasteiger partial charge is 0.129 e. The molecule has 0 N–H and O–H groups in total. The number of aryl methyl sites for hydroxylation is 2. The Morgan fingerprint density at radius 3 is 2.62 bits per heavy atom. The first kappa shape index (κ1) is 23.1. The van der Waals surface area contributed by atoms with E-state index in [2.05, 4.69) is 43.7 Å². The summed E-state index contributed by atoms with van der Waals surface area (Å²) in [6, 6.07) is 6.19. The molecule has 1 atom stereocenters. The molecule has 0 aliphatic carbocycles. The Labute approximate surface area is 179 Å². The number of pyridine rings is 2. The van der Waals surface area contributed by atoms with Crippen molar-refractivity contribution in [2.45, 2.75) is 48.0 Å². The van der Waals surface area contributed by atoms with E-state index in [4.69, 9.17) is 16.3 Å². The molecule has 29 heavy (non-hydrogen) atoms. The van der Waals surface area contributed by atoms with Crippen molar-refractivity contribution in [2.24, 2.45) is 11.3 Å². The lowest BCUT2D eigenvalue weighted by atomic mass is 9.92. The van der Waals surface area contributed by atoms with Gasteiger partial charge in [0.25, 0.3) is 0 Å². The fourth-order valence-electron chi connectivity index (χ4n) is 3.06. The molecule has 0 spiro atoms. The van der Waals surface area contributed by atoms with Gasteiger partial charge in [-0.15, -0.1) is 0 Å². The van der Waals surface area contributed by atoms with Crippen LogP contribution in [0.1, 0.15) is 50.9 Å². The number of ether oxygens (including phenoxy) is 1. The van der Waals surface area contributed by atoms with Crippen LogP contribution in [0.4, 0.5) is 0 Å². The second-order valence-corrected chi connectivity index (χ2v) is 9.15. The average Bonchev–Trinajstić information content (AvgIpc) is 2.62. The van der Waals surface area contributed by atoms with Gasteiger partial charge in [0.05, 0.1) is 18.2 Å². The fraction of sp³-hybridized carbons (Fsp3) is 0.458. The van der Waals surface area contributed by atoms with E-state index in [1.54, 1.807) is 18.5 Å². The predicted molar refractivity (Wildman–Crippen MR) is 120 cm³/mol. The molecule has 0 bridgehead atoms. The van der Waals surface area contributed by atoms with E-state index in [9.17, 15) is 5.26 Å². The van der Waals surface area contributed by atoms with Gasteiger partial charge in [0.1, 0.15) is 5.15 Å². The minimum absolute atomic E-state index is 0.100. The number of aromatic nitrogens is 2. The van der Waals surface area contributed by atoms with Gasteiger partial charge in [-0.2, -0.15) is 5.26 Å². The van der Waals surface area contributed by atoms with Gasteiger partial charge < -0.3 is 4.74 Å². The van der Waals surface area contributed by atoms with Crippen LogP contribution in [0, 0.1) is 36.5 Å². The summed E-state index contributed by atoms with van der Waals surface area (Å²) in [5.41, 5.74) is 5.18. The Bertz CT molecular complexity index is 923. The van der Waals surface area contributed by atoms with Gasteiger partial charge in [-0.1, -0.05) is 45.4 Å². The van der Waals surface area contributed by atoms with Crippen molar-refractivity contribution in [3.63, 3.8) is 0 Å². The summed E-state index contributed by atoms with van der Waals surface area (Å²) in [5.74, 6) is 0.100. The zero-order chi connectivity index (χ0) is 21.6. The molecule has 0 radical (unpaired) electrons. The van der Waals surface area contributed by atoms with Crippen LogP contribution in [0.25, 0.3) is 16.7 Å². The van der Waals surface area contributed by atoms with E-state index in [-0.39, 0.29) is 11.3 Å². The largest absolute Gasteiger partial charge is 0.381 e. The van der Waals surface area contributed by atoms with E-state index in [1.165, 1.54) is 0 Å². The first-order valence-corrected chi connectivity index (χ1v) is 10.3. The molecule has 4 nitrogen and oxygen atoms in total. The summed E-state index contributed by atoms with van der Waals surface area (Å²) in [7, 11) is 0. The van der Waals surface area contributed by atoms with Crippen molar-refractivity contribution in [3.8, 4) is 17.2 Å². The van der Waals surface area contributed by atoms with E-state index >= 15 is 0 Å². The van der Waals surface area contributed by atoms with Gasteiger partial charge in [0, 0.05) is 35.8 Å². The first-order valence-electron chi connectivity index (χ1n) is 9.90. The molecule has 154 valence electrons. The van der Waals surface area contributed by atoms with Gasteiger partial charge in [-0.05, 0) is 54.9 Å². The maximum Gasteiger partial charge on any atom is 0.129 e. The van der Waals surface area contributed by atoms with E-state index in [1.807, 2.05) is 26.0 Å². The summed E-state index contributed by atoms with van der Waals surface area (Å²) in [6.07, 6.45) is 6.55. The second-order valence-electron chi connectivity index (χ2n) is 8.76. The van der Waals surface area contributed by atoms with Gasteiger partial charge in [0.15, 0.2) is 0 Å². The Morgan fingerprint density at radius 1 is 1.28 bits per heavy atom. The Morgan fingerprint density at radius 2 is 2.00 bits per heavy atom. The Hall–Kier alpha value is -2.22. The van der Waals surface area contributed by atoms with Crippen LogP contribution in [0.2, 0.25) is 5.15 Å². The maximum absolute atomic E-state index is 9.89. The normalized spacial score (nSPS) is 13.2. The standard InChI is InChI=1S/C24H30ClN3O/c1-16-9-20(14-27-13-16)21-11-22(25)28-18(3)23(21)19(12-26)10-17(2)15-29-8-7-24(4,5)6/h9-11,13-14,17H,7-8,15H2,1-6H3. The molecule has 0 aromatic carbocycles. The van der Waals surface area contributed by atoms with Crippen LogP contribution in [0.15, 0.2) is 30.6 Å². The third-order valence-corrected chi connectivity index (χ3v) is 4.77. The molecule has 0 aliphatic rings. The Balaban J connectivity index is 2.33. The van der Waals surface area contributed by atoms with Crippen molar-refractivity contribution in [1.82, 2.24) is 9.97 Å². The molecule has 5 heteroatoms. The fourth-order valence-corrected chi connectivity index (χ4v) is 3.30. The molecule has 2 aromatic rings. The molecule has 0 saturated heterocycles. The zero-order valence-corrected chi connectivity index (χ0v) is 19.0. The minimum Gasteiger partial charge on any atom is -0.381 e. The third kappa shape index (κ3) is 6.96. The number of hydrogen-bond donors (Lipinski definition) is 0. The summed E-state index contributed by atoms with van der Waals surface area (Å²) < 4.78 is 5.83. The number of halogens is 1. The van der Waals surface area contributed by atoms with Crippen molar-refractivity contribution >= 4 is 17.2 Å². The van der Waals surface area contributed by atoms with Gasteiger partial charge in [0.2, 0.25) is 0 Å².